The molecule has 0 unspecified atom stereocenters. The van der Waals surface area contributed by atoms with Crippen LogP contribution in [0.1, 0.15) is 17.5 Å². The van der Waals surface area contributed by atoms with Crippen LogP contribution in [0.25, 0.3) is 16.9 Å². The van der Waals surface area contributed by atoms with Crippen molar-refractivity contribution in [2.75, 3.05) is 39.9 Å². The number of ketones is 2. The molecule has 4 aliphatic rings. The minimum absolute atomic E-state index is 0.0172. The molecule has 1 saturated carbocycles. The zero-order valence-electron chi connectivity index (χ0n) is 23.5. The maximum Gasteiger partial charge on any atom is 0.255 e. The number of rotatable bonds is 4. The van der Waals surface area contributed by atoms with Crippen molar-refractivity contribution in [1.82, 2.24) is 4.90 Å². The molecule has 6 rings (SSSR count). The van der Waals surface area contributed by atoms with Gasteiger partial charge in [-0.05, 0) is 62.2 Å². The Bertz CT molecular complexity index is 1660. The van der Waals surface area contributed by atoms with E-state index in [4.69, 9.17) is 15.2 Å². The van der Waals surface area contributed by atoms with Crippen LogP contribution in [0.3, 0.4) is 0 Å². The van der Waals surface area contributed by atoms with Crippen molar-refractivity contribution in [2.45, 2.75) is 24.5 Å². The van der Waals surface area contributed by atoms with Gasteiger partial charge in [-0.1, -0.05) is 6.07 Å². The van der Waals surface area contributed by atoms with Gasteiger partial charge in [0, 0.05) is 36.8 Å². The van der Waals surface area contributed by atoms with Crippen LogP contribution in [0.2, 0.25) is 0 Å². The number of carbonyl (C=O) groups excluding carboxylic acids is 3. The molecule has 42 heavy (non-hydrogen) atoms. The van der Waals surface area contributed by atoms with E-state index in [-0.39, 0.29) is 36.5 Å². The lowest BCUT2D eigenvalue weighted by atomic mass is 9.57. The lowest BCUT2D eigenvalue weighted by Gasteiger charge is -2.50. The number of nitrogens with two attached hydrogens (primary N) is 1. The van der Waals surface area contributed by atoms with E-state index in [1.807, 2.05) is 19.0 Å². The number of hydrogen-bond donors (Lipinski definition) is 5. The Kier molecular flexibility index (Phi) is 6.07. The van der Waals surface area contributed by atoms with Gasteiger partial charge in [0.25, 0.3) is 5.91 Å². The summed E-state index contributed by atoms with van der Waals surface area (Å²) in [4.78, 5) is 42.9. The van der Waals surface area contributed by atoms with Gasteiger partial charge in [0.15, 0.2) is 22.9 Å². The summed E-state index contributed by atoms with van der Waals surface area (Å²) in [6, 6.07) is 5.78. The van der Waals surface area contributed by atoms with Gasteiger partial charge >= 0.3 is 0 Å². The summed E-state index contributed by atoms with van der Waals surface area (Å²) in [5.41, 5.74) is 3.85. The Balaban J connectivity index is 1.57. The number of aromatic hydroxyl groups is 1. The first-order valence-corrected chi connectivity index (χ1v) is 13.4. The van der Waals surface area contributed by atoms with E-state index in [1.165, 1.54) is 4.90 Å². The average Bonchev–Trinajstić information content (AvgIpc) is 3.38. The summed E-state index contributed by atoms with van der Waals surface area (Å²) in [5, 5.41) is 46.1. The summed E-state index contributed by atoms with van der Waals surface area (Å²) >= 11 is 0. The van der Waals surface area contributed by atoms with Gasteiger partial charge in [0.1, 0.15) is 22.8 Å². The van der Waals surface area contributed by atoms with E-state index in [0.717, 1.165) is 0 Å². The molecule has 220 valence electrons. The predicted octanol–water partition coefficient (Wildman–Crippen LogP) is 1.43. The van der Waals surface area contributed by atoms with Gasteiger partial charge in [-0.3, -0.25) is 19.3 Å². The van der Waals surface area contributed by atoms with Gasteiger partial charge in [-0.2, -0.15) is 0 Å². The molecule has 1 aliphatic heterocycles. The number of hydrogen-bond acceptors (Lipinski definition) is 11. The van der Waals surface area contributed by atoms with Crippen LogP contribution in [0.4, 0.5) is 5.69 Å². The van der Waals surface area contributed by atoms with E-state index in [0.29, 0.717) is 33.9 Å². The van der Waals surface area contributed by atoms with Crippen LogP contribution in [-0.2, 0) is 20.8 Å². The summed E-state index contributed by atoms with van der Waals surface area (Å²) in [6.07, 6.45) is 0.209. The molecule has 1 amide bonds. The smallest absolute Gasteiger partial charge is 0.255 e. The van der Waals surface area contributed by atoms with Crippen molar-refractivity contribution in [1.29, 1.82) is 0 Å². The molecule has 6 N–H and O–H groups in total. The third-order valence-corrected chi connectivity index (χ3v) is 8.86. The highest BCUT2D eigenvalue weighted by molar-refractivity contribution is 6.24. The quantitative estimate of drug-likeness (QED) is 0.331. The number of anilines is 1. The molecule has 2 aromatic rings. The number of carbonyl (C=O) groups is 3. The van der Waals surface area contributed by atoms with Crippen LogP contribution >= 0.6 is 0 Å². The number of Topliss-reactive ketones (excluding diaryl/α,β-unsaturated/α-hetero) is 2. The number of aliphatic hydroxyl groups is 3. The first-order valence-electron chi connectivity index (χ1n) is 13.4. The van der Waals surface area contributed by atoms with E-state index in [2.05, 4.69) is 0 Å². The molecule has 0 saturated heterocycles. The van der Waals surface area contributed by atoms with Crippen molar-refractivity contribution in [2.24, 2.45) is 17.6 Å². The number of phenols is 1. The fourth-order valence-electron chi connectivity index (χ4n) is 6.97. The fraction of sp³-hybridized carbons (Fsp3) is 0.367. The average molecular weight is 578 g/mol. The van der Waals surface area contributed by atoms with E-state index >= 15 is 0 Å². The van der Waals surface area contributed by atoms with Crippen molar-refractivity contribution >= 4 is 28.9 Å². The van der Waals surface area contributed by atoms with Gasteiger partial charge in [-0.25, -0.2) is 0 Å². The van der Waals surface area contributed by atoms with Crippen LogP contribution in [0, 0.1) is 11.8 Å². The Hall–Kier alpha value is -4.55. The Morgan fingerprint density at radius 1 is 1.05 bits per heavy atom. The molecule has 12 nitrogen and oxygen atoms in total. The second-order valence-corrected chi connectivity index (χ2v) is 11.6. The molecule has 12 heteroatoms. The van der Waals surface area contributed by atoms with Gasteiger partial charge in [-0.15, -0.1) is 0 Å². The van der Waals surface area contributed by atoms with Crippen molar-refractivity contribution < 1.29 is 44.3 Å². The number of amides is 1. The highest BCUT2D eigenvalue weighted by Gasteiger charge is 2.64. The Morgan fingerprint density at radius 2 is 1.74 bits per heavy atom. The number of benzene rings is 2. The molecular formula is C30H31N3O9. The first kappa shape index (κ1) is 27.6. The largest absolute Gasteiger partial charge is 0.508 e. The summed E-state index contributed by atoms with van der Waals surface area (Å²) in [7, 11) is 6.75. The minimum Gasteiger partial charge on any atom is -0.508 e. The maximum absolute atomic E-state index is 14.1. The predicted molar refractivity (Wildman–Crippen MR) is 150 cm³/mol. The number of likely N-dealkylation sites (N-methyl/N-ethyl adjacent to an activating group) is 1. The van der Waals surface area contributed by atoms with Crippen molar-refractivity contribution in [3.8, 4) is 28.4 Å². The Morgan fingerprint density at radius 3 is 2.38 bits per heavy atom. The number of ether oxygens (including phenoxy) is 2. The summed E-state index contributed by atoms with van der Waals surface area (Å²) in [5.74, 6) is -5.84. The molecule has 0 aromatic heterocycles. The molecule has 3 aliphatic carbocycles. The van der Waals surface area contributed by atoms with Crippen molar-refractivity contribution in [3.63, 3.8) is 0 Å². The zero-order chi connectivity index (χ0) is 30.4. The maximum atomic E-state index is 14.1. The standard InChI is InChI=1S/C30H31N3O9/c1-32(2)17-10-14(12-5-6-18-19(9-12)42-11-41-18)24(34)21-15(17)7-13-8-16-23(33(3)4)26(36)22(29(31)39)28(38)30(16,40)27(37)20(13)25(21)35/h5-6,9-10,13,16,23,34-35,38,40H,7-8,11H2,1-4H3,(H2,31,39)/t13-,16+,23+,30+/m0/s1. The van der Waals surface area contributed by atoms with Crippen molar-refractivity contribution in [3.05, 3.63) is 52.3 Å². The lowest BCUT2D eigenvalue weighted by molar-refractivity contribution is -0.153. The summed E-state index contributed by atoms with van der Waals surface area (Å²) < 4.78 is 10.9. The molecule has 1 fully saturated rings. The topological polar surface area (TPSA) is 183 Å². The minimum atomic E-state index is -2.69. The van der Waals surface area contributed by atoms with Crippen LogP contribution in [0.5, 0.6) is 17.2 Å². The molecular weight excluding hydrogens is 546 g/mol. The number of aliphatic hydroxyl groups excluding tert-OH is 2. The SMILES string of the molecule is CN(C)c1cc(-c2ccc3c(c2)OCO3)c(O)c2c1C[C@H]1C[C@@H]3[C@@H](N(C)C)C(=O)C(C(N)=O)=C(O)[C@]3(O)C(=O)C1=C2O. The third-order valence-electron chi connectivity index (χ3n) is 8.86. The normalized spacial score (nSPS) is 26.3. The molecule has 0 radical (unpaired) electrons. The highest BCUT2D eigenvalue weighted by atomic mass is 16.7. The van der Waals surface area contributed by atoms with E-state index < -0.39 is 58.0 Å². The lowest BCUT2D eigenvalue weighted by Crippen LogP contribution is -2.65. The van der Waals surface area contributed by atoms with Gasteiger partial charge in [0.2, 0.25) is 12.6 Å². The van der Waals surface area contributed by atoms with Gasteiger partial charge in [0.05, 0.1) is 11.6 Å². The first-order chi connectivity index (χ1) is 19.8. The van der Waals surface area contributed by atoms with Crippen LogP contribution in [0.15, 0.2) is 41.2 Å². The number of fused-ring (bicyclic) bond motifs is 4. The number of nitrogens with zero attached hydrogens (tertiary/aromatic N) is 2. The third kappa shape index (κ3) is 3.58. The molecule has 0 bridgehead atoms. The number of phenolic OH excluding ortho intramolecular Hbond substituents is 1. The second kappa shape index (κ2) is 9.23. The van der Waals surface area contributed by atoms with E-state index in [9.17, 15) is 34.8 Å². The summed E-state index contributed by atoms with van der Waals surface area (Å²) in [6.45, 7) is 0.0667. The molecule has 4 atom stereocenters. The molecule has 1 heterocycles. The van der Waals surface area contributed by atoms with E-state index in [1.54, 1.807) is 38.4 Å². The second-order valence-electron chi connectivity index (χ2n) is 11.6. The fourth-order valence-corrected chi connectivity index (χ4v) is 6.97. The highest BCUT2D eigenvalue weighted by Crippen LogP contribution is 2.55. The van der Waals surface area contributed by atoms with Crippen LogP contribution in [-0.4, -0.2) is 89.4 Å². The monoisotopic (exact) mass is 577 g/mol. The molecule has 2 aromatic carbocycles. The molecule has 0 spiro atoms. The zero-order valence-corrected chi connectivity index (χ0v) is 23.5. The van der Waals surface area contributed by atoms with Crippen LogP contribution < -0.4 is 20.1 Å². The van der Waals surface area contributed by atoms with Gasteiger partial charge < -0.3 is 40.5 Å². The number of primary amides is 1. The Labute approximate surface area is 240 Å².